The molecule has 3 heterocycles. The smallest absolute Gasteiger partial charge is 0.410 e. The van der Waals surface area contributed by atoms with Crippen LogP contribution in [0.1, 0.15) is 51.9 Å². The van der Waals surface area contributed by atoms with Crippen molar-refractivity contribution in [3.05, 3.63) is 35.8 Å². The van der Waals surface area contributed by atoms with E-state index in [1.807, 2.05) is 45.9 Å². The Kier molecular flexibility index (Phi) is 6.40. The first-order chi connectivity index (χ1) is 15.6. The second-order valence-corrected chi connectivity index (χ2v) is 10.7. The molecule has 1 saturated heterocycles. The lowest BCUT2D eigenvalue weighted by Crippen LogP contribution is -2.63. The number of carbonyl (C=O) groups is 2. The predicted octanol–water partition coefficient (Wildman–Crippen LogP) is 3.23. The van der Waals surface area contributed by atoms with Gasteiger partial charge in [0.05, 0.1) is 11.4 Å². The van der Waals surface area contributed by atoms with E-state index in [9.17, 15) is 9.59 Å². The molecular formula is C25H37N5O3. The highest BCUT2D eigenvalue weighted by molar-refractivity contribution is 5.80. The largest absolute Gasteiger partial charge is 0.444 e. The standard InChI is InChI=1S/C25H37N5O3/c1-6-29(23(32)33-24(3,4)5)12-10-26-22(31)19-13-25(14-19)16-28(17-25)15-20-18(2)27-21-9-7-8-11-30(20)21/h7-9,11,19H,6,10,12-17H2,1-5H3,(H,26,31). The van der Waals surface area contributed by atoms with E-state index in [2.05, 4.69) is 32.7 Å². The minimum atomic E-state index is -0.519. The number of hydrogen-bond donors (Lipinski definition) is 1. The molecule has 0 unspecified atom stereocenters. The van der Waals surface area contributed by atoms with Gasteiger partial charge in [0, 0.05) is 51.4 Å². The van der Waals surface area contributed by atoms with Gasteiger partial charge in [-0.2, -0.15) is 0 Å². The van der Waals surface area contributed by atoms with Crippen LogP contribution in [0.2, 0.25) is 0 Å². The van der Waals surface area contributed by atoms with Gasteiger partial charge in [-0.1, -0.05) is 6.07 Å². The second kappa shape index (κ2) is 8.97. The lowest BCUT2D eigenvalue weighted by molar-refractivity contribution is -0.145. The monoisotopic (exact) mass is 455 g/mol. The highest BCUT2D eigenvalue weighted by atomic mass is 16.6. The van der Waals surface area contributed by atoms with Crippen molar-refractivity contribution < 1.29 is 14.3 Å². The molecule has 2 aliphatic rings. The van der Waals surface area contributed by atoms with Crippen LogP contribution in [0.4, 0.5) is 4.79 Å². The maximum atomic E-state index is 12.6. The van der Waals surface area contributed by atoms with E-state index in [0.29, 0.717) is 25.0 Å². The number of ether oxygens (including phenoxy) is 1. The Hall–Kier alpha value is -2.61. The summed E-state index contributed by atoms with van der Waals surface area (Å²) in [6.45, 7) is 14.0. The Balaban J connectivity index is 1.18. The van der Waals surface area contributed by atoms with E-state index in [-0.39, 0.29) is 17.9 Å². The van der Waals surface area contributed by atoms with Gasteiger partial charge in [-0.3, -0.25) is 9.69 Å². The number of aryl methyl sites for hydroxylation is 1. The van der Waals surface area contributed by atoms with E-state index in [1.165, 1.54) is 5.69 Å². The van der Waals surface area contributed by atoms with Crippen LogP contribution in [-0.4, -0.2) is 69.5 Å². The van der Waals surface area contributed by atoms with Gasteiger partial charge >= 0.3 is 6.09 Å². The van der Waals surface area contributed by atoms with Crippen LogP contribution in [0.3, 0.4) is 0 Å². The van der Waals surface area contributed by atoms with Crippen molar-refractivity contribution in [2.24, 2.45) is 11.3 Å². The number of aromatic nitrogens is 2. The number of fused-ring (bicyclic) bond motifs is 1. The molecule has 1 aliphatic carbocycles. The summed E-state index contributed by atoms with van der Waals surface area (Å²) in [6, 6.07) is 6.09. The summed E-state index contributed by atoms with van der Waals surface area (Å²) in [7, 11) is 0. The van der Waals surface area contributed by atoms with Crippen molar-refractivity contribution in [3.8, 4) is 0 Å². The third-order valence-electron chi connectivity index (χ3n) is 6.76. The molecule has 2 amide bonds. The minimum absolute atomic E-state index is 0.0845. The van der Waals surface area contributed by atoms with Crippen molar-refractivity contribution in [3.63, 3.8) is 0 Å². The molecule has 1 spiro atoms. The first-order valence-electron chi connectivity index (χ1n) is 12.0. The predicted molar refractivity (Wildman–Crippen MR) is 127 cm³/mol. The number of likely N-dealkylation sites (N-methyl/N-ethyl adjacent to an activating group) is 1. The van der Waals surface area contributed by atoms with Crippen LogP contribution in [0.5, 0.6) is 0 Å². The first kappa shape index (κ1) is 23.5. The summed E-state index contributed by atoms with van der Waals surface area (Å²) in [5.74, 6) is 0.193. The normalized spacial score (nSPS) is 18.1. The molecule has 180 valence electrons. The molecule has 1 saturated carbocycles. The molecule has 0 atom stereocenters. The van der Waals surface area contributed by atoms with Crippen molar-refractivity contribution >= 4 is 17.6 Å². The van der Waals surface area contributed by atoms with E-state index in [1.54, 1.807) is 4.90 Å². The zero-order valence-corrected chi connectivity index (χ0v) is 20.6. The summed E-state index contributed by atoms with van der Waals surface area (Å²) in [5.41, 5.74) is 3.10. The quantitative estimate of drug-likeness (QED) is 0.694. The third-order valence-corrected chi connectivity index (χ3v) is 6.76. The minimum Gasteiger partial charge on any atom is -0.444 e. The van der Waals surface area contributed by atoms with E-state index >= 15 is 0 Å². The number of amides is 2. The molecule has 0 bridgehead atoms. The highest BCUT2D eigenvalue weighted by Gasteiger charge is 2.54. The number of pyridine rings is 1. The van der Waals surface area contributed by atoms with Gasteiger partial charge in [-0.15, -0.1) is 0 Å². The fourth-order valence-electron chi connectivity index (χ4n) is 5.17. The van der Waals surface area contributed by atoms with Crippen LogP contribution in [0.25, 0.3) is 5.65 Å². The van der Waals surface area contributed by atoms with Gasteiger partial charge in [0.1, 0.15) is 11.2 Å². The molecule has 33 heavy (non-hydrogen) atoms. The topological polar surface area (TPSA) is 79.2 Å². The number of nitrogens with one attached hydrogen (secondary N) is 1. The van der Waals surface area contributed by atoms with E-state index in [0.717, 1.165) is 43.8 Å². The van der Waals surface area contributed by atoms with Gasteiger partial charge in [-0.25, -0.2) is 9.78 Å². The van der Waals surface area contributed by atoms with Crippen molar-refractivity contribution in [1.82, 2.24) is 24.5 Å². The summed E-state index contributed by atoms with van der Waals surface area (Å²) in [4.78, 5) is 33.5. The SMILES string of the molecule is CCN(CCNC(=O)C1CC2(C1)CN(Cc1c(C)nc3ccccn13)C2)C(=O)OC(C)(C)C. The fraction of sp³-hybridized carbons (Fsp3) is 0.640. The van der Waals surface area contributed by atoms with Crippen LogP contribution in [0, 0.1) is 18.3 Å². The van der Waals surface area contributed by atoms with Crippen molar-refractivity contribution in [1.29, 1.82) is 0 Å². The third kappa shape index (κ3) is 5.16. The van der Waals surface area contributed by atoms with E-state index < -0.39 is 5.60 Å². The van der Waals surface area contributed by atoms with Gasteiger partial charge in [-0.05, 0) is 65.0 Å². The fourth-order valence-corrected chi connectivity index (χ4v) is 5.17. The molecule has 1 N–H and O–H groups in total. The van der Waals surface area contributed by atoms with Crippen LogP contribution in [0.15, 0.2) is 24.4 Å². The molecule has 1 aliphatic heterocycles. The molecule has 2 aromatic rings. The number of rotatable bonds is 7. The number of likely N-dealkylation sites (tertiary alicyclic amines) is 1. The maximum Gasteiger partial charge on any atom is 0.410 e. The van der Waals surface area contributed by atoms with Crippen molar-refractivity contribution in [2.75, 3.05) is 32.7 Å². The van der Waals surface area contributed by atoms with Crippen LogP contribution >= 0.6 is 0 Å². The van der Waals surface area contributed by atoms with Gasteiger partial charge in [0.2, 0.25) is 5.91 Å². The first-order valence-corrected chi connectivity index (χ1v) is 12.0. The lowest BCUT2D eigenvalue weighted by Gasteiger charge is -2.58. The van der Waals surface area contributed by atoms with Crippen LogP contribution < -0.4 is 5.32 Å². The summed E-state index contributed by atoms with van der Waals surface area (Å²) < 4.78 is 7.59. The number of imidazole rings is 1. The Labute approximate surface area is 196 Å². The zero-order chi connectivity index (χ0) is 23.8. The average molecular weight is 456 g/mol. The second-order valence-electron chi connectivity index (χ2n) is 10.7. The van der Waals surface area contributed by atoms with Gasteiger partial charge < -0.3 is 19.4 Å². The number of hydrogen-bond acceptors (Lipinski definition) is 5. The Morgan fingerprint density at radius 2 is 2.00 bits per heavy atom. The Bertz CT molecular complexity index is 1010. The van der Waals surface area contributed by atoms with Gasteiger partial charge in [0.15, 0.2) is 0 Å². The molecular weight excluding hydrogens is 418 g/mol. The van der Waals surface area contributed by atoms with Gasteiger partial charge in [0.25, 0.3) is 0 Å². The summed E-state index contributed by atoms with van der Waals surface area (Å²) >= 11 is 0. The lowest BCUT2D eigenvalue weighted by atomic mass is 9.57. The average Bonchev–Trinajstić information content (AvgIpc) is 2.99. The molecule has 2 fully saturated rings. The summed E-state index contributed by atoms with van der Waals surface area (Å²) in [6.07, 6.45) is 3.64. The molecule has 2 aromatic heterocycles. The molecule has 8 heteroatoms. The molecule has 8 nitrogen and oxygen atoms in total. The molecule has 0 radical (unpaired) electrons. The van der Waals surface area contributed by atoms with Crippen molar-refractivity contribution in [2.45, 2.75) is 59.6 Å². The Morgan fingerprint density at radius 3 is 2.67 bits per heavy atom. The highest BCUT2D eigenvalue weighted by Crippen LogP contribution is 2.52. The Morgan fingerprint density at radius 1 is 1.27 bits per heavy atom. The van der Waals surface area contributed by atoms with Crippen LogP contribution in [-0.2, 0) is 16.1 Å². The number of nitrogens with zero attached hydrogens (tertiary/aromatic N) is 4. The summed E-state index contributed by atoms with van der Waals surface area (Å²) in [5, 5.41) is 3.01. The molecule has 0 aromatic carbocycles. The maximum absolute atomic E-state index is 12.6. The van der Waals surface area contributed by atoms with E-state index in [4.69, 9.17) is 4.74 Å². The zero-order valence-electron chi connectivity index (χ0n) is 20.6. The number of carbonyl (C=O) groups excluding carboxylic acids is 2. The molecule has 4 rings (SSSR count).